The number of hydrogen-bond donors (Lipinski definition) is 2. The van der Waals surface area contributed by atoms with Gasteiger partial charge in [-0.25, -0.2) is 17.9 Å². The first-order chi connectivity index (χ1) is 8.63. The number of benzene rings is 1. The number of anilines is 1. The van der Waals surface area contributed by atoms with Crippen LogP contribution in [0.4, 0.5) is 10.1 Å². The van der Waals surface area contributed by atoms with Gasteiger partial charge in [-0.05, 0) is 24.1 Å². The van der Waals surface area contributed by atoms with Gasteiger partial charge in [0.2, 0.25) is 10.0 Å². The zero-order valence-electron chi connectivity index (χ0n) is 10.8. The molecule has 0 spiro atoms. The van der Waals surface area contributed by atoms with Crippen molar-refractivity contribution in [2.24, 2.45) is 11.1 Å². The van der Waals surface area contributed by atoms with E-state index >= 15 is 0 Å². The van der Waals surface area contributed by atoms with E-state index in [0.717, 1.165) is 6.07 Å². The number of aliphatic hydroxyl groups is 1. The third-order valence-electron chi connectivity index (χ3n) is 3.59. The van der Waals surface area contributed by atoms with Crippen molar-refractivity contribution in [3.8, 4) is 0 Å². The molecule has 19 heavy (non-hydrogen) atoms. The molecule has 2 rings (SSSR count). The van der Waals surface area contributed by atoms with Gasteiger partial charge < -0.3 is 10.0 Å². The monoisotopic (exact) mass is 288 g/mol. The predicted molar refractivity (Wildman–Crippen MR) is 69.8 cm³/mol. The lowest BCUT2D eigenvalue weighted by Crippen LogP contribution is -2.65. The first-order valence-corrected chi connectivity index (χ1v) is 7.48. The molecule has 5 nitrogen and oxygen atoms in total. The summed E-state index contributed by atoms with van der Waals surface area (Å²) in [5, 5.41) is 15.0. The molecule has 0 aromatic heterocycles. The fraction of sp³-hybridized carbons (Fsp3) is 0.500. The van der Waals surface area contributed by atoms with Gasteiger partial charge in [-0.3, -0.25) is 0 Å². The summed E-state index contributed by atoms with van der Waals surface area (Å²) < 4.78 is 36.1. The fourth-order valence-electron chi connectivity index (χ4n) is 2.07. The molecule has 1 aliphatic heterocycles. The number of β-amino-alcohol motifs (C(OH)–C–C–N with tert-alkyl or cyclic N) is 1. The van der Waals surface area contributed by atoms with Gasteiger partial charge in [-0.2, -0.15) is 0 Å². The van der Waals surface area contributed by atoms with Crippen molar-refractivity contribution in [1.29, 1.82) is 0 Å². The van der Waals surface area contributed by atoms with E-state index in [9.17, 15) is 17.9 Å². The van der Waals surface area contributed by atoms with Crippen molar-refractivity contribution < 1.29 is 17.9 Å². The van der Waals surface area contributed by atoms with E-state index in [2.05, 4.69) is 0 Å². The number of sulfonamides is 1. The number of nitrogens with two attached hydrogens (primary N) is 1. The zero-order chi connectivity index (χ0) is 14.4. The van der Waals surface area contributed by atoms with Crippen LogP contribution in [0, 0.1) is 11.7 Å². The van der Waals surface area contributed by atoms with Crippen LogP contribution in [0.3, 0.4) is 0 Å². The highest BCUT2D eigenvalue weighted by molar-refractivity contribution is 7.89. The molecule has 0 saturated carbocycles. The van der Waals surface area contributed by atoms with Gasteiger partial charge in [0.05, 0.1) is 10.6 Å². The van der Waals surface area contributed by atoms with Gasteiger partial charge in [0.15, 0.2) is 0 Å². The van der Waals surface area contributed by atoms with Gasteiger partial charge >= 0.3 is 0 Å². The van der Waals surface area contributed by atoms with E-state index in [1.165, 1.54) is 12.1 Å². The molecule has 1 aromatic carbocycles. The second-order valence-corrected chi connectivity index (χ2v) is 6.83. The summed E-state index contributed by atoms with van der Waals surface area (Å²) in [5.41, 5.74) is -0.539. The highest BCUT2D eigenvalue weighted by Crippen LogP contribution is 2.34. The van der Waals surface area contributed by atoms with E-state index in [0.29, 0.717) is 13.1 Å². The van der Waals surface area contributed by atoms with Crippen molar-refractivity contribution in [2.45, 2.75) is 24.3 Å². The number of primary sulfonamides is 1. The molecule has 7 heteroatoms. The lowest BCUT2D eigenvalue weighted by molar-refractivity contribution is -0.0303. The normalized spacial score (nSPS) is 18.5. The molecule has 0 bridgehead atoms. The Kier molecular flexibility index (Phi) is 3.32. The molecular weight excluding hydrogens is 271 g/mol. The van der Waals surface area contributed by atoms with Crippen LogP contribution in [0.15, 0.2) is 23.1 Å². The summed E-state index contributed by atoms with van der Waals surface area (Å²) >= 11 is 0. The lowest BCUT2D eigenvalue weighted by atomic mass is 9.82. The van der Waals surface area contributed by atoms with Crippen LogP contribution in [0.2, 0.25) is 0 Å². The van der Waals surface area contributed by atoms with Crippen molar-refractivity contribution in [1.82, 2.24) is 0 Å². The highest BCUT2D eigenvalue weighted by Gasteiger charge is 2.44. The van der Waals surface area contributed by atoms with Crippen molar-refractivity contribution in [3.63, 3.8) is 0 Å². The van der Waals surface area contributed by atoms with Crippen LogP contribution in [0.25, 0.3) is 0 Å². The highest BCUT2D eigenvalue weighted by atomic mass is 32.2. The number of halogens is 1. The Morgan fingerprint density at radius 2 is 2.00 bits per heavy atom. The number of rotatable bonds is 3. The minimum atomic E-state index is -3.90. The van der Waals surface area contributed by atoms with Gasteiger partial charge in [-0.1, -0.05) is 13.8 Å². The Morgan fingerprint density at radius 3 is 2.42 bits per heavy atom. The largest absolute Gasteiger partial charge is 0.386 e. The van der Waals surface area contributed by atoms with Crippen LogP contribution >= 0.6 is 0 Å². The Balaban J connectivity index is 2.21. The zero-order valence-corrected chi connectivity index (χ0v) is 11.6. The minimum Gasteiger partial charge on any atom is -0.386 e. The molecule has 0 amide bonds. The average Bonchev–Trinajstić information content (AvgIpc) is 2.23. The van der Waals surface area contributed by atoms with Crippen LogP contribution in [0.5, 0.6) is 0 Å². The maximum Gasteiger partial charge on any atom is 0.238 e. The topological polar surface area (TPSA) is 83.6 Å². The van der Waals surface area contributed by atoms with E-state index < -0.39 is 21.4 Å². The molecule has 1 aliphatic rings. The van der Waals surface area contributed by atoms with Crippen molar-refractivity contribution in [2.75, 3.05) is 18.0 Å². The average molecular weight is 288 g/mol. The summed E-state index contributed by atoms with van der Waals surface area (Å²) in [6.45, 7) is 4.46. The molecule has 0 atom stereocenters. The predicted octanol–water partition coefficient (Wildman–Crippen LogP) is 0.680. The van der Waals surface area contributed by atoms with E-state index in [1.54, 1.807) is 4.90 Å². The standard InChI is InChI=1S/C12H17FN2O3S/c1-8(2)12(16)6-15(7-12)11-4-3-9(5-10(11)13)19(14,17)18/h3-5,8,16H,6-7H2,1-2H3,(H2,14,17,18). The molecule has 106 valence electrons. The smallest absolute Gasteiger partial charge is 0.238 e. The Hall–Kier alpha value is -1.18. The summed E-state index contributed by atoms with van der Waals surface area (Å²) in [6.07, 6.45) is 0. The Bertz CT molecular complexity index is 595. The summed E-state index contributed by atoms with van der Waals surface area (Å²) in [5.74, 6) is -0.576. The minimum absolute atomic E-state index is 0.0792. The fourth-order valence-corrected chi connectivity index (χ4v) is 2.60. The molecule has 1 fully saturated rings. The SMILES string of the molecule is CC(C)C1(O)CN(c2ccc(S(N)(=O)=O)cc2F)C1. The molecule has 1 aromatic rings. The van der Waals surface area contributed by atoms with E-state index in [1.807, 2.05) is 13.8 Å². The summed E-state index contributed by atoms with van der Waals surface area (Å²) in [7, 11) is -3.90. The molecule has 0 radical (unpaired) electrons. The molecule has 0 aliphatic carbocycles. The summed E-state index contributed by atoms with van der Waals surface area (Å²) in [6, 6.07) is 3.53. The van der Waals surface area contributed by atoms with Crippen LogP contribution in [-0.4, -0.2) is 32.2 Å². The number of nitrogens with zero attached hydrogens (tertiary/aromatic N) is 1. The lowest BCUT2D eigenvalue weighted by Gasteiger charge is -2.50. The van der Waals surface area contributed by atoms with E-state index in [4.69, 9.17) is 5.14 Å². The molecule has 0 unspecified atom stereocenters. The molecule has 1 saturated heterocycles. The maximum atomic E-state index is 13.9. The first-order valence-electron chi connectivity index (χ1n) is 5.93. The summed E-state index contributed by atoms with van der Waals surface area (Å²) in [4.78, 5) is 1.41. The Labute approximate surface area is 111 Å². The Morgan fingerprint density at radius 1 is 1.42 bits per heavy atom. The van der Waals surface area contributed by atoms with Gasteiger partial charge in [0.1, 0.15) is 11.4 Å². The second-order valence-electron chi connectivity index (χ2n) is 5.27. The third-order valence-corrected chi connectivity index (χ3v) is 4.50. The van der Waals surface area contributed by atoms with Crippen LogP contribution in [0.1, 0.15) is 13.8 Å². The van der Waals surface area contributed by atoms with Gasteiger partial charge in [-0.15, -0.1) is 0 Å². The van der Waals surface area contributed by atoms with Crippen LogP contribution < -0.4 is 10.0 Å². The van der Waals surface area contributed by atoms with Gasteiger partial charge in [0, 0.05) is 13.1 Å². The molecule has 3 N–H and O–H groups in total. The van der Waals surface area contributed by atoms with Gasteiger partial charge in [0.25, 0.3) is 0 Å². The van der Waals surface area contributed by atoms with E-state index in [-0.39, 0.29) is 16.5 Å². The van der Waals surface area contributed by atoms with Crippen molar-refractivity contribution >= 4 is 15.7 Å². The first kappa shape index (κ1) is 14.2. The third kappa shape index (κ3) is 2.58. The number of hydrogen-bond acceptors (Lipinski definition) is 4. The molecule has 1 heterocycles. The maximum absolute atomic E-state index is 13.9. The molecular formula is C12H17FN2O3S. The van der Waals surface area contributed by atoms with Crippen molar-refractivity contribution in [3.05, 3.63) is 24.0 Å². The quantitative estimate of drug-likeness (QED) is 0.856. The van der Waals surface area contributed by atoms with Crippen LogP contribution in [-0.2, 0) is 10.0 Å². The second kappa shape index (κ2) is 4.43.